The molecule has 2 aliphatic heterocycles. The van der Waals surface area contributed by atoms with Gasteiger partial charge >= 0.3 is 5.97 Å². The summed E-state index contributed by atoms with van der Waals surface area (Å²) in [6.07, 6.45) is 5.05. The van der Waals surface area contributed by atoms with Crippen LogP contribution in [-0.2, 0) is 35.1 Å². The molecule has 0 aliphatic carbocycles. The molecule has 0 spiro atoms. The molecule has 0 amide bonds. The first kappa shape index (κ1) is 22.2. The van der Waals surface area contributed by atoms with Crippen LogP contribution in [0.4, 0.5) is 0 Å². The van der Waals surface area contributed by atoms with Gasteiger partial charge in [-0.2, -0.15) is 0 Å². The Bertz CT molecular complexity index is 986. The second-order valence-electron chi connectivity index (χ2n) is 7.96. The lowest BCUT2D eigenvalue weighted by Gasteiger charge is -2.22. The molecule has 1 aromatic carbocycles. The van der Waals surface area contributed by atoms with Crippen molar-refractivity contribution in [2.24, 2.45) is 0 Å². The Morgan fingerprint density at radius 1 is 1.16 bits per heavy atom. The molecule has 0 radical (unpaired) electrons. The highest BCUT2D eigenvalue weighted by Crippen LogP contribution is 2.41. The molecule has 2 fully saturated rings. The second-order valence-corrected chi connectivity index (χ2v) is 7.96. The van der Waals surface area contributed by atoms with Crippen LogP contribution in [0.1, 0.15) is 31.9 Å². The molecule has 168 valence electrons. The first-order chi connectivity index (χ1) is 15.4. The molecule has 0 bridgehead atoms. The number of ether oxygens (including phenoxy) is 5. The van der Waals surface area contributed by atoms with Crippen molar-refractivity contribution in [3.05, 3.63) is 83.4 Å². The van der Waals surface area contributed by atoms with Crippen molar-refractivity contribution in [1.82, 2.24) is 4.98 Å². The lowest BCUT2D eigenvalue weighted by atomic mass is 10.1. The van der Waals surface area contributed by atoms with Gasteiger partial charge in [0.15, 0.2) is 11.9 Å². The Hall–Kier alpha value is -3.00. The Kier molecular flexibility index (Phi) is 6.69. The zero-order chi connectivity index (χ0) is 22.6. The van der Waals surface area contributed by atoms with E-state index < -0.39 is 30.3 Å². The van der Waals surface area contributed by atoms with Gasteiger partial charge in [-0.05, 0) is 50.1 Å². The largest absolute Gasteiger partial charge is 0.463 e. The van der Waals surface area contributed by atoms with Crippen LogP contribution in [0.3, 0.4) is 0 Å². The van der Waals surface area contributed by atoms with Crippen LogP contribution < -0.4 is 0 Å². The van der Waals surface area contributed by atoms with E-state index in [2.05, 4.69) is 4.98 Å². The minimum absolute atomic E-state index is 0.257. The molecule has 2 aromatic rings. The SMILES string of the molecule is CCOC(=O)C(=C\c1cccnc1)/C=C1\O[C@@H]2OC(C)(C)O[C@@H]2[C@H]1OCc1ccccc1. The predicted octanol–water partition coefficient (Wildman–Crippen LogP) is 4.01. The van der Waals surface area contributed by atoms with Crippen molar-refractivity contribution in [3.8, 4) is 0 Å². The molecule has 2 aliphatic rings. The Balaban J connectivity index is 1.64. The summed E-state index contributed by atoms with van der Waals surface area (Å²) in [7, 11) is 0. The van der Waals surface area contributed by atoms with Crippen molar-refractivity contribution in [1.29, 1.82) is 0 Å². The number of hydrogen-bond acceptors (Lipinski definition) is 7. The topological polar surface area (TPSA) is 76.1 Å². The van der Waals surface area contributed by atoms with Gasteiger partial charge in [0.2, 0.25) is 6.29 Å². The number of pyridine rings is 1. The van der Waals surface area contributed by atoms with Crippen LogP contribution in [0.2, 0.25) is 0 Å². The van der Waals surface area contributed by atoms with Crippen LogP contribution in [-0.4, -0.2) is 41.8 Å². The van der Waals surface area contributed by atoms with E-state index in [1.54, 1.807) is 37.5 Å². The van der Waals surface area contributed by atoms with Gasteiger partial charge in [-0.25, -0.2) is 4.79 Å². The molecule has 32 heavy (non-hydrogen) atoms. The van der Waals surface area contributed by atoms with Gasteiger partial charge in [0, 0.05) is 12.4 Å². The monoisotopic (exact) mass is 437 g/mol. The maximum absolute atomic E-state index is 12.7. The summed E-state index contributed by atoms with van der Waals surface area (Å²) in [5, 5.41) is 0. The maximum atomic E-state index is 12.7. The molecule has 3 heterocycles. The van der Waals surface area contributed by atoms with Crippen molar-refractivity contribution in [2.75, 3.05) is 6.61 Å². The van der Waals surface area contributed by atoms with Crippen molar-refractivity contribution in [2.45, 2.75) is 51.7 Å². The highest BCUT2D eigenvalue weighted by Gasteiger charge is 2.54. The van der Waals surface area contributed by atoms with E-state index in [1.807, 2.05) is 50.2 Å². The summed E-state index contributed by atoms with van der Waals surface area (Å²) in [5.74, 6) is -0.798. The van der Waals surface area contributed by atoms with E-state index in [0.717, 1.165) is 11.1 Å². The average Bonchev–Trinajstić information content (AvgIpc) is 3.24. The molecule has 0 unspecified atom stereocenters. The Morgan fingerprint density at radius 3 is 2.69 bits per heavy atom. The van der Waals surface area contributed by atoms with E-state index in [4.69, 9.17) is 23.7 Å². The molecule has 3 atom stereocenters. The molecular formula is C25H27NO6. The van der Waals surface area contributed by atoms with Crippen LogP contribution >= 0.6 is 0 Å². The number of fused-ring (bicyclic) bond motifs is 1. The van der Waals surface area contributed by atoms with E-state index in [1.165, 1.54) is 0 Å². The molecule has 2 saturated heterocycles. The zero-order valence-electron chi connectivity index (χ0n) is 18.4. The third-order valence-corrected chi connectivity index (χ3v) is 5.01. The van der Waals surface area contributed by atoms with Gasteiger partial charge in [-0.15, -0.1) is 0 Å². The van der Waals surface area contributed by atoms with E-state index in [0.29, 0.717) is 17.9 Å². The molecular weight excluding hydrogens is 410 g/mol. The third kappa shape index (κ3) is 5.24. The van der Waals surface area contributed by atoms with Crippen LogP contribution in [0.15, 0.2) is 72.3 Å². The number of aromatic nitrogens is 1. The first-order valence-corrected chi connectivity index (χ1v) is 10.6. The summed E-state index contributed by atoms with van der Waals surface area (Å²) in [6.45, 7) is 6.04. The van der Waals surface area contributed by atoms with Gasteiger partial charge in [0.05, 0.1) is 18.8 Å². The van der Waals surface area contributed by atoms with Crippen LogP contribution in [0, 0.1) is 0 Å². The fraction of sp³-hybridized carbons (Fsp3) is 0.360. The summed E-state index contributed by atoms with van der Waals surface area (Å²) < 4.78 is 29.4. The number of carbonyl (C=O) groups is 1. The molecule has 7 nitrogen and oxygen atoms in total. The molecule has 7 heteroatoms. The summed E-state index contributed by atoms with van der Waals surface area (Å²) >= 11 is 0. The fourth-order valence-electron chi connectivity index (χ4n) is 3.64. The third-order valence-electron chi connectivity index (χ3n) is 5.01. The highest BCUT2D eigenvalue weighted by molar-refractivity contribution is 5.96. The van der Waals surface area contributed by atoms with Crippen molar-refractivity contribution >= 4 is 12.0 Å². The van der Waals surface area contributed by atoms with Gasteiger partial charge < -0.3 is 23.7 Å². The second kappa shape index (κ2) is 9.65. The van der Waals surface area contributed by atoms with Crippen LogP contribution in [0.5, 0.6) is 0 Å². The normalized spacial score (nSPS) is 25.4. The van der Waals surface area contributed by atoms with Crippen molar-refractivity contribution in [3.63, 3.8) is 0 Å². The average molecular weight is 437 g/mol. The number of esters is 1. The minimum atomic E-state index is -0.787. The maximum Gasteiger partial charge on any atom is 0.338 e. The molecule has 0 saturated carbocycles. The quantitative estimate of drug-likeness (QED) is 0.479. The molecule has 4 rings (SSSR count). The number of hydrogen-bond donors (Lipinski definition) is 0. The molecule has 1 aromatic heterocycles. The van der Waals surface area contributed by atoms with Gasteiger partial charge in [-0.3, -0.25) is 4.98 Å². The number of carbonyl (C=O) groups excluding carboxylic acids is 1. The van der Waals surface area contributed by atoms with E-state index >= 15 is 0 Å². The lowest BCUT2D eigenvalue weighted by molar-refractivity contribution is -0.191. The first-order valence-electron chi connectivity index (χ1n) is 10.6. The van der Waals surface area contributed by atoms with Gasteiger partial charge in [-0.1, -0.05) is 36.4 Å². The van der Waals surface area contributed by atoms with Crippen molar-refractivity contribution < 1.29 is 28.5 Å². The van der Waals surface area contributed by atoms with E-state index in [9.17, 15) is 4.79 Å². The Labute approximate surface area is 187 Å². The van der Waals surface area contributed by atoms with Crippen LogP contribution in [0.25, 0.3) is 6.08 Å². The van der Waals surface area contributed by atoms with Gasteiger partial charge in [0.1, 0.15) is 11.9 Å². The standard InChI is InChI=1S/C25H27NO6/c1-4-28-23(27)19(13-18-11-8-12-26-15-18)14-20-21(29-16-17-9-6-5-7-10-17)22-24(30-20)32-25(2,3)31-22/h5-15,21-22,24H,4,16H2,1-3H3/b19-13-,20-14-/t21-,22+,24+/m0/s1. The van der Waals surface area contributed by atoms with E-state index in [-0.39, 0.29) is 6.61 Å². The zero-order valence-corrected chi connectivity index (χ0v) is 18.4. The highest BCUT2D eigenvalue weighted by atomic mass is 16.8. The summed E-state index contributed by atoms with van der Waals surface area (Å²) in [6, 6.07) is 13.5. The summed E-state index contributed by atoms with van der Waals surface area (Å²) in [5.41, 5.74) is 2.10. The fourth-order valence-corrected chi connectivity index (χ4v) is 3.64. The Morgan fingerprint density at radius 2 is 1.97 bits per heavy atom. The smallest absolute Gasteiger partial charge is 0.338 e. The number of nitrogens with zero attached hydrogens (tertiary/aromatic N) is 1. The minimum Gasteiger partial charge on any atom is -0.463 e. The summed E-state index contributed by atoms with van der Waals surface area (Å²) in [4.78, 5) is 16.8. The lowest BCUT2D eigenvalue weighted by Crippen LogP contribution is -2.31. The number of benzene rings is 1. The number of rotatable bonds is 7. The molecule has 0 N–H and O–H groups in total. The predicted molar refractivity (Wildman–Crippen MR) is 117 cm³/mol. The van der Waals surface area contributed by atoms with Gasteiger partial charge in [0.25, 0.3) is 0 Å².